The molecule has 0 heterocycles. The van der Waals surface area contributed by atoms with Crippen LogP contribution in [0, 0.1) is 13.8 Å². The summed E-state index contributed by atoms with van der Waals surface area (Å²) >= 11 is 0. The lowest BCUT2D eigenvalue weighted by Crippen LogP contribution is -2.24. The van der Waals surface area contributed by atoms with Gasteiger partial charge in [-0.05, 0) is 30.5 Å². The van der Waals surface area contributed by atoms with Gasteiger partial charge >= 0.3 is 5.97 Å². The number of methoxy groups -OCH3 is 1. The quantitative estimate of drug-likeness (QED) is 0.369. The Labute approximate surface area is 138 Å². The Kier molecular flexibility index (Phi) is 7.30. The minimum absolute atomic E-state index is 0.219. The van der Waals surface area contributed by atoms with Gasteiger partial charge in [-0.2, -0.15) is 0 Å². The third-order valence-electron chi connectivity index (χ3n) is 3.56. The molecule has 1 atom stereocenters. The molecule has 0 N–H and O–H groups in total. The lowest BCUT2D eigenvalue weighted by atomic mass is 9.87. The number of rotatable bonds is 4. The second-order valence-corrected chi connectivity index (χ2v) is 5.00. The smallest absolute Gasteiger partial charge is 0.321 e. The van der Waals surface area contributed by atoms with Gasteiger partial charge in [0.05, 0.1) is 7.11 Å². The van der Waals surface area contributed by atoms with E-state index in [0.717, 1.165) is 11.1 Å². The summed E-state index contributed by atoms with van der Waals surface area (Å²) in [6.07, 6.45) is 0. The van der Waals surface area contributed by atoms with E-state index in [2.05, 4.69) is 0 Å². The lowest BCUT2D eigenvalue weighted by Gasteiger charge is -2.17. The van der Waals surface area contributed by atoms with E-state index in [-0.39, 0.29) is 5.78 Å². The molecule has 0 aliphatic heterocycles. The van der Waals surface area contributed by atoms with Crippen molar-refractivity contribution in [2.24, 2.45) is 0 Å². The Morgan fingerprint density at radius 2 is 1.43 bits per heavy atom. The number of hydrogen-bond acceptors (Lipinski definition) is 4. The highest BCUT2D eigenvalue weighted by atomic mass is 31.0. The van der Waals surface area contributed by atoms with Crippen molar-refractivity contribution in [2.75, 3.05) is 7.11 Å². The van der Waals surface area contributed by atoms with E-state index >= 15 is 0 Å². The topological polar surface area (TPSA) is 60.4 Å². The van der Waals surface area contributed by atoms with Crippen molar-refractivity contribution in [3.8, 4) is 0 Å². The standard InChI is InChI=1S/C18H18O3.HOP/c1-12-8-7-9-13(2)15(12)17(19)16(18(20)21-3)14-10-5-4-6-11-14;1-2/h4-11,16H,1-3H3;2H. The maximum Gasteiger partial charge on any atom is 0.321 e. The normalized spacial score (nSPS) is 10.9. The molecule has 0 aromatic heterocycles. The van der Waals surface area contributed by atoms with Crippen LogP contribution in [0.2, 0.25) is 0 Å². The van der Waals surface area contributed by atoms with Gasteiger partial charge in [0.1, 0.15) is 15.0 Å². The second kappa shape index (κ2) is 8.96. The van der Waals surface area contributed by atoms with Crippen LogP contribution in [0.3, 0.4) is 0 Å². The van der Waals surface area contributed by atoms with Crippen LogP contribution in [-0.4, -0.2) is 18.9 Å². The molecule has 0 spiro atoms. The third-order valence-corrected chi connectivity index (χ3v) is 3.56. The molecule has 5 heteroatoms. The molecular weight excluding hydrogens is 311 g/mol. The van der Waals surface area contributed by atoms with E-state index in [4.69, 9.17) is 9.30 Å². The van der Waals surface area contributed by atoms with Crippen molar-refractivity contribution in [3.63, 3.8) is 0 Å². The average molecular weight is 330 g/mol. The Bertz CT molecular complexity index is 662. The molecule has 23 heavy (non-hydrogen) atoms. The van der Waals surface area contributed by atoms with Crippen LogP contribution in [0.15, 0.2) is 48.5 Å². The number of esters is 1. The average Bonchev–Trinajstić information content (AvgIpc) is 2.57. The summed E-state index contributed by atoms with van der Waals surface area (Å²) in [6.45, 7) is 3.75. The molecule has 1 unspecified atom stereocenters. The van der Waals surface area contributed by atoms with Crippen LogP contribution in [0.4, 0.5) is 0 Å². The first kappa shape index (κ1) is 18.7. The van der Waals surface area contributed by atoms with Crippen molar-refractivity contribution in [1.82, 2.24) is 0 Å². The maximum absolute atomic E-state index is 12.9. The van der Waals surface area contributed by atoms with Gasteiger partial charge in [-0.15, -0.1) is 0 Å². The fourth-order valence-electron chi connectivity index (χ4n) is 2.51. The minimum atomic E-state index is -0.920. The van der Waals surface area contributed by atoms with Crippen molar-refractivity contribution >= 4 is 20.9 Å². The van der Waals surface area contributed by atoms with Gasteiger partial charge in [0.2, 0.25) is 0 Å². The molecule has 0 bridgehead atoms. The highest BCUT2D eigenvalue weighted by Gasteiger charge is 2.31. The number of ketones is 1. The van der Waals surface area contributed by atoms with Crippen molar-refractivity contribution in [3.05, 3.63) is 70.8 Å². The first-order valence-electron chi connectivity index (χ1n) is 7.00. The Balaban J connectivity index is 0.00000127. The second-order valence-electron chi connectivity index (χ2n) is 5.00. The van der Waals surface area contributed by atoms with Gasteiger partial charge in [-0.3, -0.25) is 14.2 Å². The molecule has 0 amide bonds. The van der Waals surface area contributed by atoms with Gasteiger partial charge < -0.3 is 4.74 Å². The predicted molar refractivity (Wildman–Crippen MR) is 90.4 cm³/mol. The van der Waals surface area contributed by atoms with Gasteiger partial charge in [0.15, 0.2) is 5.78 Å². The first-order valence-corrected chi connectivity index (χ1v) is 7.40. The number of carbonyl (C=O) groups is 2. The van der Waals surface area contributed by atoms with E-state index in [0.29, 0.717) is 11.1 Å². The summed E-state index contributed by atoms with van der Waals surface area (Å²) in [7, 11) is 3.02. The number of benzene rings is 2. The van der Waals surface area contributed by atoms with Crippen molar-refractivity contribution in [2.45, 2.75) is 19.8 Å². The molecule has 4 nitrogen and oxygen atoms in total. The molecular formula is C18H19O4P. The third kappa shape index (κ3) is 4.33. The van der Waals surface area contributed by atoms with Crippen LogP contribution in [-0.2, 0) is 14.1 Å². The summed E-state index contributed by atoms with van der Waals surface area (Å²) in [4.78, 5) is 25.0. The molecule has 0 saturated carbocycles. The number of Topliss-reactive ketones (excluding diaryl/α,β-unsaturated/α-hetero) is 1. The minimum Gasteiger partial charge on any atom is -0.468 e. The van der Waals surface area contributed by atoms with Crippen LogP contribution in [0.25, 0.3) is 0 Å². The number of ether oxygens (including phenoxy) is 1. The van der Waals surface area contributed by atoms with E-state index in [9.17, 15) is 9.59 Å². The first-order chi connectivity index (χ1) is 11.1. The molecule has 0 aliphatic rings. The van der Waals surface area contributed by atoms with Crippen LogP contribution >= 0.6 is 9.12 Å². The molecule has 0 fully saturated rings. The zero-order valence-electron chi connectivity index (χ0n) is 13.3. The number of aryl methyl sites for hydroxylation is 2. The summed E-state index contributed by atoms with van der Waals surface area (Å²) < 4.78 is 12.9. The maximum atomic E-state index is 12.9. The fourth-order valence-corrected chi connectivity index (χ4v) is 2.51. The van der Waals surface area contributed by atoms with E-state index in [1.807, 2.05) is 50.2 Å². The van der Waals surface area contributed by atoms with E-state index < -0.39 is 11.9 Å². The Hall–Kier alpha value is -2.32. The zero-order chi connectivity index (χ0) is 17.4. The SMILES string of the molecule is COC(=O)C(C(=O)c1c(C)cccc1C)c1ccccc1.O=P. The van der Waals surface area contributed by atoms with Gasteiger partial charge in [-0.1, -0.05) is 48.5 Å². The van der Waals surface area contributed by atoms with Crippen LogP contribution in [0.5, 0.6) is 0 Å². The Morgan fingerprint density at radius 1 is 0.913 bits per heavy atom. The summed E-state index contributed by atoms with van der Waals surface area (Å²) in [6, 6.07) is 14.7. The fraction of sp³-hybridized carbons (Fsp3) is 0.222. The molecule has 2 aromatic carbocycles. The number of carbonyl (C=O) groups excluding carboxylic acids is 2. The molecule has 0 aliphatic carbocycles. The lowest BCUT2D eigenvalue weighted by molar-refractivity contribution is -0.141. The summed E-state index contributed by atoms with van der Waals surface area (Å²) in [5.74, 6) is -1.67. The van der Waals surface area contributed by atoms with Gasteiger partial charge in [-0.25, -0.2) is 0 Å². The highest BCUT2D eigenvalue weighted by Crippen LogP contribution is 2.26. The molecule has 120 valence electrons. The van der Waals surface area contributed by atoms with Crippen molar-refractivity contribution < 1.29 is 18.9 Å². The zero-order valence-corrected chi connectivity index (χ0v) is 14.3. The van der Waals surface area contributed by atoms with E-state index in [1.165, 1.54) is 7.11 Å². The molecule has 0 saturated heterocycles. The summed E-state index contributed by atoms with van der Waals surface area (Å²) in [5, 5.41) is 0. The van der Waals surface area contributed by atoms with E-state index in [1.54, 1.807) is 21.3 Å². The number of hydrogen-bond donors (Lipinski definition) is 0. The van der Waals surface area contributed by atoms with Crippen LogP contribution < -0.4 is 0 Å². The van der Waals surface area contributed by atoms with Gasteiger partial charge in [0.25, 0.3) is 0 Å². The largest absolute Gasteiger partial charge is 0.468 e. The Morgan fingerprint density at radius 3 is 1.91 bits per heavy atom. The van der Waals surface area contributed by atoms with Crippen LogP contribution in [0.1, 0.15) is 33.0 Å². The predicted octanol–water partition coefficient (Wildman–Crippen LogP) is 3.92. The molecule has 2 rings (SSSR count). The highest BCUT2D eigenvalue weighted by molar-refractivity contribution is 7.00. The molecule has 0 radical (unpaired) electrons. The monoisotopic (exact) mass is 330 g/mol. The molecule has 2 aromatic rings. The van der Waals surface area contributed by atoms with Crippen molar-refractivity contribution in [1.29, 1.82) is 0 Å². The van der Waals surface area contributed by atoms with Gasteiger partial charge in [0, 0.05) is 5.56 Å². The summed E-state index contributed by atoms with van der Waals surface area (Å²) in [5.41, 5.74) is 2.98.